The molecule has 3 heterocycles. The Morgan fingerprint density at radius 2 is 1.91 bits per heavy atom. The summed E-state index contributed by atoms with van der Waals surface area (Å²) >= 11 is 12.2. The zero-order valence-electron chi connectivity index (χ0n) is 18.4. The van der Waals surface area contributed by atoms with E-state index in [0.717, 1.165) is 12.1 Å². The lowest BCUT2D eigenvalue weighted by Crippen LogP contribution is -2.55. The molecule has 7 nitrogen and oxygen atoms in total. The van der Waals surface area contributed by atoms with Gasteiger partial charge in [-0.05, 0) is 56.5 Å². The summed E-state index contributed by atoms with van der Waals surface area (Å²) < 4.78 is 34.9. The highest BCUT2D eigenvalue weighted by atomic mass is 35.5. The van der Waals surface area contributed by atoms with E-state index in [2.05, 4.69) is 4.98 Å². The van der Waals surface area contributed by atoms with Crippen LogP contribution < -0.4 is 0 Å². The Bertz CT molecular complexity index is 1080. The van der Waals surface area contributed by atoms with Crippen molar-refractivity contribution in [2.75, 3.05) is 19.8 Å². The van der Waals surface area contributed by atoms with Gasteiger partial charge in [-0.2, -0.15) is 4.31 Å². The number of halogens is 2. The number of ether oxygens (including phenoxy) is 1. The average Bonchev–Trinajstić information content (AvgIpc) is 2.85. The number of sulfonamides is 1. The van der Waals surface area contributed by atoms with Gasteiger partial charge in [-0.3, -0.25) is 9.78 Å². The van der Waals surface area contributed by atoms with Gasteiger partial charge in [-0.15, -0.1) is 0 Å². The van der Waals surface area contributed by atoms with Gasteiger partial charge >= 0.3 is 0 Å². The van der Waals surface area contributed by atoms with Crippen LogP contribution >= 0.6 is 23.2 Å². The first-order chi connectivity index (χ1) is 15.8. The van der Waals surface area contributed by atoms with Crippen LogP contribution in [-0.4, -0.2) is 60.4 Å². The summed E-state index contributed by atoms with van der Waals surface area (Å²) in [6.07, 6.45) is 3.58. The first-order valence-electron chi connectivity index (χ1n) is 11.1. The molecule has 1 aromatic heterocycles. The summed E-state index contributed by atoms with van der Waals surface area (Å²) in [6.45, 7) is 3.50. The Labute approximate surface area is 204 Å². The topological polar surface area (TPSA) is 79.8 Å². The molecular weight excluding hydrogens is 485 g/mol. The second-order valence-corrected chi connectivity index (χ2v) is 11.1. The Balaban J connectivity index is 1.76. The van der Waals surface area contributed by atoms with Crippen LogP contribution in [0.5, 0.6) is 0 Å². The normalized spacial score (nSPS) is 24.0. The molecule has 1 amide bonds. The zero-order chi connectivity index (χ0) is 23.6. The molecule has 2 aliphatic rings. The third-order valence-electron chi connectivity index (χ3n) is 6.23. The van der Waals surface area contributed by atoms with Crippen molar-refractivity contribution in [1.82, 2.24) is 14.2 Å². The Morgan fingerprint density at radius 1 is 1.15 bits per heavy atom. The predicted molar refractivity (Wildman–Crippen MR) is 127 cm³/mol. The maximum Gasteiger partial charge on any atom is 0.244 e. The summed E-state index contributed by atoms with van der Waals surface area (Å²) in [4.78, 5) is 19.8. The van der Waals surface area contributed by atoms with Gasteiger partial charge in [0.05, 0.1) is 23.7 Å². The lowest BCUT2D eigenvalue weighted by atomic mass is 9.91. The third kappa shape index (κ3) is 5.20. The average molecular weight is 512 g/mol. The molecule has 0 saturated carbocycles. The molecule has 10 heteroatoms. The molecule has 3 atom stereocenters. The molecule has 2 aromatic rings. The zero-order valence-corrected chi connectivity index (χ0v) is 20.7. The van der Waals surface area contributed by atoms with Crippen LogP contribution in [-0.2, 0) is 26.1 Å². The van der Waals surface area contributed by atoms with Gasteiger partial charge in [0.15, 0.2) is 0 Å². The Morgan fingerprint density at radius 3 is 2.58 bits per heavy atom. The van der Waals surface area contributed by atoms with Gasteiger partial charge in [0.2, 0.25) is 15.9 Å². The summed E-state index contributed by atoms with van der Waals surface area (Å²) in [7, 11) is -4.03. The lowest BCUT2D eigenvalue weighted by Gasteiger charge is -2.40. The fourth-order valence-electron chi connectivity index (χ4n) is 4.79. The van der Waals surface area contributed by atoms with Crippen LogP contribution in [0.15, 0.2) is 47.5 Å². The largest absolute Gasteiger partial charge is 0.381 e. The van der Waals surface area contributed by atoms with E-state index in [0.29, 0.717) is 39.1 Å². The summed E-state index contributed by atoms with van der Waals surface area (Å²) in [6, 6.07) is 8.67. The van der Waals surface area contributed by atoms with Crippen LogP contribution in [0.3, 0.4) is 0 Å². The molecule has 0 spiro atoms. The molecule has 178 valence electrons. The van der Waals surface area contributed by atoms with Crippen LogP contribution in [0.25, 0.3) is 0 Å². The maximum absolute atomic E-state index is 13.9. The van der Waals surface area contributed by atoms with E-state index < -0.39 is 16.1 Å². The van der Waals surface area contributed by atoms with Crippen molar-refractivity contribution in [3.8, 4) is 0 Å². The molecule has 2 saturated heterocycles. The van der Waals surface area contributed by atoms with E-state index in [1.165, 1.54) is 22.5 Å². The summed E-state index contributed by atoms with van der Waals surface area (Å²) in [5.41, 5.74) is 0.758. The first kappa shape index (κ1) is 24.4. The van der Waals surface area contributed by atoms with E-state index in [9.17, 15) is 13.2 Å². The van der Waals surface area contributed by atoms with Gasteiger partial charge < -0.3 is 9.64 Å². The molecule has 0 aliphatic carbocycles. The minimum absolute atomic E-state index is 0.00182. The number of hydrogen-bond acceptors (Lipinski definition) is 5. The van der Waals surface area contributed by atoms with Crippen molar-refractivity contribution in [3.05, 3.63) is 58.3 Å². The van der Waals surface area contributed by atoms with Gasteiger partial charge in [-0.1, -0.05) is 29.3 Å². The van der Waals surface area contributed by atoms with E-state index in [1.807, 2.05) is 25.1 Å². The van der Waals surface area contributed by atoms with Crippen molar-refractivity contribution in [2.45, 2.75) is 49.7 Å². The van der Waals surface area contributed by atoms with Crippen LogP contribution in [0, 0.1) is 5.92 Å². The van der Waals surface area contributed by atoms with Crippen molar-refractivity contribution in [1.29, 1.82) is 0 Å². The highest BCUT2D eigenvalue weighted by Crippen LogP contribution is 2.38. The van der Waals surface area contributed by atoms with Gasteiger partial charge in [0.1, 0.15) is 6.04 Å². The van der Waals surface area contributed by atoms with Crippen molar-refractivity contribution in [2.24, 2.45) is 5.92 Å². The number of benzene rings is 1. The maximum atomic E-state index is 13.9. The molecule has 2 fully saturated rings. The van der Waals surface area contributed by atoms with Crippen molar-refractivity contribution in [3.63, 3.8) is 0 Å². The van der Waals surface area contributed by atoms with Crippen molar-refractivity contribution >= 4 is 39.1 Å². The molecule has 0 radical (unpaired) electrons. The molecule has 33 heavy (non-hydrogen) atoms. The van der Waals surface area contributed by atoms with Crippen molar-refractivity contribution < 1.29 is 17.9 Å². The van der Waals surface area contributed by atoms with E-state index in [4.69, 9.17) is 27.9 Å². The molecule has 1 aromatic carbocycles. The van der Waals surface area contributed by atoms with E-state index in [-0.39, 0.29) is 32.8 Å². The number of piperidine rings is 1. The number of fused-ring (bicyclic) bond motifs is 2. The number of nitrogens with zero attached hydrogens (tertiary/aromatic N) is 3. The number of pyridine rings is 1. The molecule has 2 unspecified atom stereocenters. The SMILES string of the molecule is CCOC[C@H]1CN(Cc2ccccn2)C(=O)C2CCCC1N2S(=O)(=O)c1cc(Cl)cc(Cl)c1. The third-order valence-corrected chi connectivity index (χ3v) is 8.58. The Kier molecular flexibility index (Phi) is 7.60. The molecule has 4 rings (SSSR count). The summed E-state index contributed by atoms with van der Waals surface area (Å²) in [5.74, 6) is -0.381. The number of hydrogen-bond donors (Lipinski definition) is 0. The fourth-order valence-corrected chi connectivity index (χ4v) is 7.41. The predicted octanol–water partition coefficient (Wildman–Crippen LogP) is 4.00. The smallest absolute Gasteiger partial charge is 0.244 e. The van der Waals surface area contributed by atoms with E-state index >= 15 is 0 Å². The number of carbonyl (C=O) groups excluding carboxylic acids is 1. The standard InChI is InChI=1S/C23H27Cl2N3O4S/c1-2-32-15-16-13-27(14-19-6-3-4-9-26-19)23(29)22-8-5-7-21(16)28(22)33(30,31)20-11-17(24)10-18(25)12-20/h3-4,6,9-12,16,21-22H,2,5,7-8,13-15H2,1H3/t16-,21?,22?/m1/s1. The number of aromatic nitrogens is 1. The molecule has 0 N–H and O–H groups in total. The second-order valence-electron chi connectivity index (χ2n) is 8.41. The van der Waals surface area contributed by atoms with Gasteiger partial charge in [-0.25, -0.2) is 8.42 Å². The van der Waals surface area contributed by atoms with E-state index in [1.54, 1.807) is 11.1 Å². The molecular formula is C23H27Cl2N3O4S. The summed E-state index contributed by atoms with van der Waals surface area (Å²) in [5, 5.41) is 0.463. The minimum Gasteiger partial charge on any atom is -0.381 e. The van der Waals surface area contributed by atoms with Crippen LogP contribution in [0.4, 0.5) is 0 Å². The molecule has 2 bridgehead atoms. The Hall–Kier alpha value is -1.71. The highest BCUT2D eigenvalue weighted by molar-refractivity contribution is 7.89. The molecule has 2 aliphatic heterocycles. The van der Waals surface area contributed by atoms with Crippen LogP contribution in [0.2, 0.25) is 10.0 Å². The lowest BCUT2D eigenvalue weighted by molar-refractivity contribution is -0.135. The second kappa shape index (κ2) is 10.3. The number of rotatable bonds is 7. The monoisotopic (exact) mass is 511 g/mol. The number of amides is 1. The van der Waals surface area contributed by atoms with Gasteiger partial charge in [0.25, 0.3) is 0 Å². The quantitative estimate of drug-likeness (QED) is 0.561. The highest BCUT2D eigenvalue weighted by Gasteiger charge is 2.50. The van der Waals surface area contributed by atoms with Gasteiger partial charge in [0, 0.05) is 41.4 Å². The first-order valence-corrected chi connectivity index (χ1v) is 13.3. The number of carbonyl (C=O) groups is 1. The minimum atomic E-state index is -4.03. The fraction of sp³-hybridized carbons (Fsp3) is 0.478. The van der Waals surface area contributed by atoms with Crippen LogP contribution in [0.1, 0.15) is 31.9 Å².